The number of carbonyl (C=O) groups is 3. The van der Waals surface area contributed by atoms with Crippen LogP contribution in [0.3, 0.4) is 0 Å². The first-order valence-corrected chi connectivity index (χ1v) is 8.51. The fourth-order valence-corrected chi connectivity index (χ4v) is 3.03. The van der Waals surface area contributed by atoms with Gasteiger partial charge < -0.3 is 20.1 Å². The van der Waals surface area contributed by atoms with Crippen molar-refractivity contribution in [3.8, 4) is 5.75 Å². The quantitative estimate of drug-likeness (QED) is 0.802. The minimum absolute atomic E-state index is 0.0720. The summed E-state index contributed by atoms with van der Waals surface area (Å²) >= 11 is 0. The Morgan fingerprint density at radius 3 is 2.60 bits per heavy atom. The van der Waals surface area contributed by atoms with Gasteiger partial charge in [-0.1, -0.05) is 18.2 Å². The van der Waals surface area contributed by atoms with Gasteiger partial charge in [-0.05, 0) is 37.8 Å². The summed E-state index contributed by atoms with van der Waals surface area (Å²) in [6.45, 7) is 0.820. The summed E-state index contributed by atoms with van der Waals surface area (Å²) in [5, 5.41) is 11.8. The lowest BCUT2D eigenvalue weighted by Gasteiger charge is -2.32. The van der Waals surface area contributed by atoms with Gasteiger partial charge in [-0.25, -0.2) is 4.79 Å². The normalized spacial score (nSPS) is 21.3. The van der Waals surface area contributed by atoms with Crippen LogP contribution in [0.2, 0.25) is 0 Å². The van der Waals surface area contributed by atoms with E-state index in [-0.39, 0.29) is 24.3 Å². The molecule has 0 spiro atoms. The SMILES string of the molecule is O=C(NC1(C(=O)O)CC1)C1CCCN(C(=O)COc2ccccc2)C1. The van der Waals surface area contributed by atoms with Gasteiger partial charge in [-0.15, -0.1) is 0 Å². The number of amides is 2. The maximum atomic E-state index is 12.4. The number of rotatable bonds is 6. The Labute approximate surface area is 146 Å². The third kappa shape index (κ3) is 4.10. The molecule has 1 saturated carbocycles. The van der Waals surface area contributed by atoms with E-state index >= 15 is 0 Å². The third-order valence-corrected chi connectivity index (χ3v) is 4.77. The molecule has 1 unspecified atom stereocenters. The number of likely N-dealkylation sites (tertiary alicyclic amines) is 1. The molecule has 134 valence electrons. The number of hydrogen-bond donors (Lipinski definition) is 2. The van der Waals surface area contributed by atoms with Crippen molar-refractivity contribution in [1.29, 1.82) is 0 Å². The topological polar surface area (TPSA) is 95.9 Å². The smallest absolute Gasteiger partial charge is 0.329 e. The lowest BCUT2D eigenvalue weighted by atomic mass is 9.96. The van der Waals surface area contributed by atoms with Gasteiger partial charge in [0.25, 0.3) is 5.91 Å². The number of carbonyl (C=O) groups excluding carboxylic acids is 2. The van der Waals surface area contributed by atoms with Crippen molar-refractivity contribution in [2.75, 3.05) is 19.7 Å². The van der Waals surface area contributed by atoms with Gasteiger partial charge >= 0.3 is 5.97 Å². The summed E-state index contributed by atoms with van der Waals surface area (Å²) in [7, 11) is 0. The van der Waals surface area contributed by atoms with E-state index in [4.69, 9.17) is 4.74 Å². The monoisotopic (exact) mass is 346 g/mol. The molecule has 0 aromatic heterocycles. The number of piperidine rings is 1. The zero-order valence-electron chi connectivity index (χ0n) is 13.9. The molecule has 25 heavy (non-hydrogen) atoms. The maximum Gasteiger partial charge on any atom is 0.329 e. The lowest BCUT2D eigenvalue weighted by molar-refractivity contribution is -0.145. The van der Waals surface area contributed by atoms with Gasteiger partial charge in [0.2, 0.25) is 5.91 Å². The van der Waals surface area contributed by atoms with Gasteiger partial charge in [-0.3, -0.25) is 9.59 Å². The zero-order chi connectivity index (χ0) is 17.9. The Balaban J connectivity index is 1.51. The van der Waals surface area contributed by atoms with E-state index in [1.54, 1.807) is 17.0 Å². The fourth-order valence-electron chi connectivity index (χ4n) is 3.03. The number of hydrogen-bond acceptors (Lipinski definition) is 4. The van der Waals surface area contributed by atoms with Crippen LogP contribution >= 0.6 is 0 Å². The van der Waals surface area contributed by atoms with Crippen molar-refractivity contribution in [3.05, 3.63) is 30.3 Å². The summed E-state index contributed by atoms with van der Waals surface area (Å²) in [5.41, 5.74) is -1.08. The maximum absolute atomic E-state index is 12.4. The number of carboxylic acids is 1. The number of aliphatic carboxylic acids is 1. The Kier molecular flexibility index (Phi) is 4.92. The van der Waals surface area contributed by atoms with Crippen molar-refractivity contribution < 1.29 is 24.2 Å². The van der Waals surface area contributed by atoms with E-state index in [9.17, 15) is 19.5 Å². The van der Waals surface area contributed by atoms with Crippen LogP contribution in [0.4, 0.5) is 0 Å². The molecule has 1 aliphatic heterocycles. The predicted molar refractivity (Wildman–Crippen MR) is 89.0 cm³/mol. The highest BCUT2D eigenvalue weighted by Gasteiger charge is 2.52. The molecule has 2 aliphatic rings. The van der Waals surface area contributed by atoms with E-state index in [0.717, 1.165) is 6.42 Å². The van der Waals surface area contributed by atoms with E-state index < -0.39 is 11.5 Å². The number of benzene rings is 1. The molecule has 1 aromatic carbocycles. The molecular weight excluding hydrogens is 324 g/mol. The van der Waals surface area contributed by atoms with E-state index in [0.29, 0.717) is 38.1 Å². The van der Waals surface area contributed by atoms with Crippen LogP contribution in [0, 0.1) is 5.92 Å². The molecule has 1 aliphatic carbocycles. The summed E-state index contributed by atoms with van der Waals surface area (Å²) in [6.07, 6.45) is 2.31. The number of ether oxygens (including phenoxy) is 1. The molecule has 7 nitrogen and oxygen atoms in total. The average Bonchev–Trinajstić information content (AvgIpc) is 3.41. The molecule has 0 bridgehead atoms. The van der Waals surface area contributed by atoms with Crippen LogP contribution < -0.4 is 10.1 Å². The molecule has 0 radical (unpaired) electrons. The molecule has 3 rings (SSSR count). The first-order valence-electron chi connectivity index (χ1n) is 8.51. The second kappa shape index (κ2) is 7.13. The summed E-state index contributed by atoms with van der Waals surface area (Å²) in [6, 6.07) is 9.09. The minimum atomic E-state index is -1.08. The van der Waals surface area contributed by atoms with Crippen molar-refractivity contribution in [1.82, 2.24) is 10.2 Å². The highest BCUT2D eigenvalue weighted by atomic mass is 16.5. The van der Waals surface area contributed by atoms with Crippen LogP contribution in [-0.4, -0.2) is 53.0 Å². The van der Waals surface area contributed by atoms with Crippen molar-refractivity contribution in [2.24, 2.45) is 5.92 Å². The minimum Gasteiger partial charge on any atom is -0.484 e. The van der Waals surface area contributed by atoms with Gasteiger partial charge in [0, 0.05) is 13.1 Å². The first kappa shape index (κ1) is 17.3. The van der Waals surface area contributed by atoms with Gasteiger partial charge in [0.1, 0.15) is 11.3 Å². The molecule has 2 N–H and O–H groups in total. The third-order valence-electron chi connectivity index (χ3n) is 4.77. The second-order valence-electron chi connectivity index (χ2n) is 6.66. The number of nitrogens with zero attached hydrogens (tertiary/aromatic N) is 1. The predicted octanol–water partition coefficient (Wildman–Crippen LogP) is 1.04. The Morgan fingerprint density at radius 1 is 1.24 bits per heavy atom. The standard InChI is InChI=1S/C18H22N2O5/c21-15(12-25-14-6-2-1-3-7-14)20-10-4-5-13(11-20)16(22)19-18(8-9-18)17(23)24/h1-3,6-7,13H,4-5,8-12H2,(H,19,22)(H,23,24). The Bertz CT molecular complexity index is 657. The zero-order valence-corrected chi connectivity index (χ0v) is 13.9. The summed E-state index contributed by atoms with van der Waals surface area (Å²) in [4.78, 5) is 37.5. The van der Waals surface area contributed by atoms with Crippen LogP contribution in [-0.2, 0) is 14.4 Å². The average molecular weight is 346 g/mol. The number of nitrogens with one attached hydrogen (secondary N) is 1. The van der Waals surface area contributed by atoms with Crippen LogP contribution in [0.25, 0.3) is 0 Å². The fraction of sp³-hybridized carbons (Fsp3) is 0.500. The molecule has 1 saturated heterocycles. The molecule has 2 fully saturated rings. The Hall–Kier alpha value is -2.57. The van der Waals surface area contributed by atoms with E-state index in [1.165, 1.54) is 0 Å². The number of carboxylic acid groups (broad SMARTS) is 1. The highest BCUT2D eigenvalue weighted by molar-refractivity contribution is 5.90. The molecule has 2 amide bonds. The van der Waals surface area contributed by atoms with Crippen molar-refractivity contribution in [2.45, 2.75) is 31.2 Å². The molecule has 1 atom stereocenters. The van der Waals surface area contributed by atoms with Crippen LogP contribution in [0.5, 0.6) is 5.75 Å². The summed E-state index contributed by atoms with van der Waals surface area (Å²) < 4.78 is 5.47. The van der Waals surface area contributed by atoms with Gasteiger partial charge in [0.15, 0.2) is 6.61 Å². The number of para-hydroxylation sites is 1. The Morgan fingerprint density at radius 2 is 1.96 bits per heavy atom. The second-order valence-corrected chi connectivity index (χ2v) is 6.66. The summed E-state index contributed by atoms with van der Waals surface area (Å²) in [5.74, 6) is -1.17. The van der Waals surface area contributed by atoms with Gasteiger partial charge in [-0.2, -0.15) is 0 Å². The molecule has 1 aromatic rings. The first-order chi connectivity index (χ1) is 12.0. The van der Waals surface area contributed by atoms with Gasteiger partial charge in [0.05, 0.1) is 5.92 Å². The lowest BCUT2D eigenvalue weighted by Crippen LogP contribution is -2.51. The van der Waals surface area contributed by atoms with E-state index in [1.807, 2.05) is 18.2 Å². The van der Waals surface area contributed by atoms with Crippen molar-refractivity contribution in [3.63, 3.8) is 0 Å². The molecule has 1 heterocycles. The van der Waals surface area contributed by atoms with Crippen molar-refractivity contribution >= 4 is 17.8 Å². The van der Waals surface area contributed by atoms with Crippen LogP contribution in [0.1, 0.15) is 25.7 Å². The van der Waals surface area contributed by atoms with Crippen LogP contribution in [0.15, 0.2) is 30.3 Å². The molecular formula is C18H22N2O5. The molecule has 7 heteroatoms. The van der Waals surface area contributed by atoms with E-state index in [2.05, 4.69) is 5.32 Å². The highest BCUT2D eigenvalue weighted by Crippen LogP contribution is 2.36. The largest absolute Gasteiger partial charge is 0.484 e.